The number of rotatable bonds is 2. The van der Waals surface area contributed by atoms with Crippen molar-refractivity contribution >= 4 is 5.69 Å². The molecule has 2 nitrogen and oxygen atoms in total. The fourth-order valence-corrected chi connectivity index (χ4v) is 2.12. The quantitative estimate of drug-likeness (QED) is 0.874. The van der Waals surface area contributed by atoms with E-state index in [1.54, 1.807) is 6.07 Å². The lowest BCUT2D eigenvalue weighted by molar-refractivity contribution is -0.137. The maximum atomic E-state index is 12.8. The van der Waals surface area contributed by atoms with Crippen LogP contribution in [0.1, 0.15) is 24.8 Å². The van der Waals surface area contributed by atoms with E-state index in [-0.39, 0.29) is 11.7 Å². The molecule has 0 aliphatic carbocycles. The van der Waals surface area contributed by atoms with Crippen LogP contribution >= 0.6 is 0 Å². The number of hydrogen-bond donors (Lipinski definition) is 1. The lowest BCUT2D eigenvalue weighted by Crippen LogP contribution is -2.22. The number of hydrogen-bond acceptors (Lipinski definition) is 2. The molecule has 100 valence electrons. The summed E-state index contributed by atoms with van der Waals surface area (Å²) in [6.07, 6.45) is -1.85. The zero-order chi connectivity index (χ0) is 13.0. The Hall–Kier alpha value is -1.23. The highest BCUT2D eigenvalue weighted by Gasteiger charge is 2.33. The van der Waals surface area contributed by atoms with E-state index in [4.69, 9.17) is 4.74 Å². The molecule has 0 aromatic heterocycles. The summed E-state index contributed by atoms with van der Waals surface area (Å²) in [4.78, 5) is 0. The maximum Gasteiger partial charge on any atom is 0.418 e. The van der Waals surface area contributed by atoms with Crippen LogP contribution in [0.2, 0.25) is 0 Å². The molecule has 1 N–H and O–H groups in total. The van der Waals surface area contributed by atoms with E-state index in [2.05, 4.69) is 5.32 Å². The van der Waals surface area contributed by atoms with Gasteiger partial charge in [-0.25, -0.2) is 0 Å². The van der Waals surface area contributed by atoms with Crippen molar-refractivity contribution in [1.82, 2.24) is 0 Å². The lowest BCUT2D eigenvalue weighted by atomic mass is 10.1. The second-order valence-corrected chi connectivity index (χ2v) is 4.43. The SMILES string of the molecule is FC(F)(F)c1ccccc1NC1CCCOCC1. The summed E-state index contributed by atoms with van der Waals surface area (Å²) in [5.74, 6) is 0. The van der Waals surface area contributed by atoms with Gasteiger partial charge in [0.2, 0.25) is 0 Å². The van der Waals surface area contributed by atoms with Crippen LogP contribution in [-0.4, -0.2) is 19.3 Å². The Balaban J connectivity index is 2.13. The predicted octanol–water partition coefficient (Wildman–Crippen LogP) is 3.69. The molecule has 1 aromatic carbocycles. The summed E-state index contributed by atoms with van der Waals surface area (Å²) in [5.41, 5.74) is -0.438. The molecule has 1 atom stereocenters. The molecule has 1 aromatic rings. The molecule has 0 bridgehead atoms. The largest absolute Gasteiger partial charge is 0.418 e. The molecule has 1 saturated heterocycles. The van der Waals surface area contributed by atoms with Gasteiger partial charge in [-0.2, -0.15) is 13.2 Å². The standard InChI is InChI=1S/C13H16F3NO/c14-13(15,16)11-5-1-2-6-12(11)17-10-4-3-8-18-9-7-10/h1-2,5-6,10,17H,3-4,7-9H2. The second-order valence-electron chi connectivity index (χ2n) is 4.43. The van der Waals surface area contributed by atoms with Crippen molar-refractivity contribution in [3.05, 3.63) is 29.8 Å². The fraction of sp³-hybridized carbons (Fsp3) is 0.538. The van der Waals surface area contributed by atoms with Gasteiger partial charge < -0.3 is 10.1 Å². The van der Waals surface area contributed by atoms with E-state index < -0.39 is 11.7 Å². The van der Waals surface area contributed by atoms with Gasteiger partial charge in [0.15, 0.2) is 0 Å². The Labute approximate surface area is 104 Å². The van der Waals surface area contributed by atoms with Gasteiger partial charge in [0.25, 0.3) is 0 Å². The van der Waals surface area contributed by atoms with Gasteiger partial charge >= 0.3 is 6.18 Å². The van der Waals surface area contributed by atoms with Crippen LogP contribution in [0.15, 0.2) is 24.3 Å². The molecular formula is C13H16F3NO. The third-order valence-corrected chi connectivity index (χ3v) is 3.04. The molecule has 0 amide bonds. The highest BCUT2D eigenvalue weighted by Crippen LogP contribution is 2.35. The van der Waals surface area contributed by atoms with Crippen LogP contribution < -0.4 is 5.32 Å². The minimum absolute atomic E-state index is 0.0519. The van der Waals surface area contributed by atoms with E-state index in [0.29, 0.717) is 13.2 Å². The third-order valence-electron chi connectivity index (χ3n) is 3.04. The molecule has 18 heavy (non-hydrogen) atoms. The zero-order valence-electron chi connectivity index (χ0n) is 9.96. The molecule has 0 saturated carbocycles. The molecule has 0 spiro atoms. The number of ether oxygens (including phenoxy) is 1. The van der Waals surface area contributed by atoms with Gasteiger partial charge in [-0.15, -0.1) is 0 Å². The van der Waals surface area contributed by atoms with E-state index in [1.807, 2.05) is 0 Å². The Kier molecular flexibility index (Phi) is 4.11. The molecule has 1 heterocycles. The van der Waals surface area contributed by atoms with Crippen LogP contribution in [0.3, 0.4) is 0 Å². The van der Waals surface area contributed by atoms with Crippen molar-refractivity contribution in [3.8, 4) is 0 Å². The van der Waals surface area contributed by atoms with Gasteiger partial charge in [0.05, 0.1) is 5.56 Å². The lowest BCUT2D eigenvalue weighted by Gasteiger charge is -2.20. The molecule has 0 radical (unpaired) electrons. The minimum Gasteiger partial charge on any atom is -0.382 e. The van der Waals surface area contributed by atoms with Gasteiger partial charge in [-0.05, 0) is 31.4 Å². The number of nitrogens with one attached hydrogen (secondary N) is 1. The average molecular weight is 259 g/mol. The summed E-state index contributed by atoms with van der Waals surface area (Å²) < 4.78 is 43.8. The summed E-state index contributed by atoms with van der Waals surface area (Å²) in [6, 6.07) is 5.66. The van der Waals surface area contributed by atoms with Crippen molar-refractivity contribution in [2.75, 3.05) is 18.5 Å². The van der Waals surface area contributed by atoms with Crippen LogP contribution in [-0.2, 0) is 10.9 Å². The van der Waals surface area contributed by atoms with Crippen LogP contribution in [0.4, 0.5) is 18.9 Å². The molecule has 1 aliphatic rings. The summed E-state index contributed by atoms with van der Waals surface area (Å²) in [7, 11) is 0. The van der Waals surface area contributed by atoms with Gasteiger partial charge in [0.1, 0.15) is 0 Å². The first kappa shape index (κ1) is 13.2. The number of alkyl halides is 3. The van der Waals surface area contributed by atoms with Crippen LogP contribution in [0.5, 0.6) is 0 Å². The average Bonchev–Trinajstić information content (AvgIpc) is 2.57. The van der Waals surface area contributed by atoms with E-state index in [0.717, 1.165) is 25.3 Å². The Morgan fingerprint density at radius 3 is 2.67 bits per heavy atom. The third kappa shape index (κ3) is 3.38. The first-order chi connectivity index (χ1) is 8.57. The predicted molar refractivity (Wildman–Crippen MR) is 63.5 cm³/mol. The van der Waals surface area contributed by atoms with Crippen LogP contribution in [0, 0.1) is 0 Å². The normalized spacial score (nSPS) is 21.4. The van der Waals surface area contributed by atoms with Crippen molar-refractivity contribution in [3.63, 3.8) is 0 Å². The summed E-state index contributed by atoms with van der Waals surface area (Å²) >= 11 is 0. The van der Waals surface area contributed by atoms with Crippen LogP contribution in [0.25, 0.3) is 0 Å². The zero-order valence-corrected chi connectivity index (χ0v) is 9.96. The highest BCUT2D eigenvalue weighted by molar-refractivity contribution is 5.53. The first-order valence-electron chi connectivity index (χ1n) is 6.08. The number of benzene rings is 1. The van der Waals surface area contributed by atoms with Crippen molar-refractivity contribution in [1.29, 1.82) is 0 Å². The fourth-order valence-electron chi connectivity index (χ4n) is 2.12. The number of halogens is 3. The minimum atomic E-state index is -4.31. The molecule has 1 fully saturated rings. The van der Waals surface area contributed by atoms with Gasteiger partial charge in [0, 0.05) is 24.9 Å². The monoisotopic (exact) mass is 259 g/mol. The van der Waals surface area contributed by atoms with Gasteiger partial charge in [-0.3, -0.25) is 0 Å². The Bertz CT molecular complexity index is 384. The smallest absolute Gasteiger partial charge is 0.382 e. The van der Waals surface area contributed by atoms with Gasteiger partial charge in [-0.1, -0.05) is 12.1 Å². The molecule has 2 rings (SSSR count). The highest BCUT2D eigenvalue weighted by atomic mass is 19.4. The Morgan fingerprint density at radius 1 is 1.11 bits per heavy atom. The van der Waals surface area contributed by atoms with Crippen molar-refractivity contribution in [2.45, 2.75) is 31.5 Å². The molecular weight excluding hydrogens is 243 g/mol. The molecule has 1 aliphatic heterocycles. The molecule has 5 heteroatoms. The van der Waals surface area contributed by atoms with E-state index >= 15 is 0 Å². The Morgan fingerprint density at radius 2 is 1.89 bits per heavy atom. The van der Waals surface area contributed by atoms with E-state index in [1.165, 1.54) is 12.1 Å². The number of para-hydroxylation sites is 1. The summed E-state index contributed by atoms with van der Waals surface area (Å²) in [6.45, 7) is 1.30. The van der Waals surface area contributed by atoms with E-state index in [9.17, 15) is 13.2 Å². The second kappa shape index (κ2) is 5.61. The van der Waals surface area contributed by atoms with Crippen molar-refractivity contribution in [2.24, 2.45) is 0 Å². The topological polar surface area (TPSA) is 21.3 Å². The summed E-state index contributed by atoms with van der Waals surface area (Å²) in [5, 5.41) is 3.00. The van der Waals surface area contributed by atoms with Crippen molar-refractivity contribution < 1.29 is 17.9 Å². The maximum absolute atomic E-state index is 12.8. The molecule has 1 unspecified atom stereocenters. The number of anilines is 1. The first-order valence-corrected chi connectivity index (χ1v) is 6.08.